The highest BCUT2D eigenvalue weighted by molar-refractivity contribution is 5.96. The summed E-state index contributed by atoms with van der Waals surface area (Å²) in [6.07, 6.45) is 4.08. The number of aliphatic hydroxyl groups excluding tert-OH is 1. The molecule has 70 valence electrons. The highest BCUT2D eigenvalue weighted by atomic mass is 16.3. The van der Waals surface area contributed by atoms with E-state index in [1.165, 1.54) is 0 Å². The number of aliphatic hydroxyl groups is 1. The van der Waals surface area contributed by atoms with Crippen LogP contribution in [0.25, 0.3) is 0 Å². The van der Waals surface area contributed by atoms with Gasteiger partial charge in [-0.05, 0) is 24.7 Å². The molecule has 13 heavy (non-hydrogen) atoms. The van der Waals surface area contributed by atoms with E-state index < -0.39 is 0 Å². The van der Waals surface area contributed by atoms with Crippen LogP contribution < -0.4 is 5.32 Å². The summed E-state index contributed by atoms with van der Waals surface area (Å²) in [6.45, 7) is 0.634. The molecule has 0 aromatic carbocycles. The summed E-state index contributed by atoms with van der Waals surface area (Å²) < 4.78 is 0. The molecule has 1 heterocycles. The van der Waals surface area contributed by atoms with Crippen molar-refractivity contribution in [2.45, 2.75) is 18.9 Å². The fourth-order valence-corrected chi connectivity index (χ4v) is 2.80. The van der Waals surface area contributed by atoms with E-state index in [4.69, 9.17) is 0 Å². The molecule has 1 saturated heterocycles. The second kappa shape index (κ2) is 2.35. The molecule has 0 spiro atoms. The lowest BCUT2D eigenvalue weighted by Crippen LogP contribution is -2.44. The van der Waals surface area contributed by atoms with Crippen molar-refractivity contribution in [1.29, 1.82) is 0 Å². The van der Waals surface area contributed by atoms with Gasteiger partial charge in [-0.25, -0.2) is 0 Å². The predicted octanol–water partition coefficient (Wildman–Crippen LogP) is 0.0595. The van der Waals surface area contributed by atoms with Crippen molar-refractivity contribution in [2.24, 2.45) is 17.8 Å². The van der Waals surface area contributed by atoms with Crippen LogP contribution in [0.2, 0.25) is 0 Å². The van der Waals surface area contributed by atoms with E-state index in [2.05, 4.69) is 11.4 Å². The average Bonchev–Trinajstić information content (AvgIpc) is 2.40. The Balaban J connectivity index is 1.99. The Morgan fingerprint density at radius 3 is 3.00 bits per heavy atom. The van der Waals surface area contributed by atoms with Crippen molar-refractivity contribution in [3.8, 4) is 0 Å². The number of nitrogens with one attached hydrogen (secondary N) is 1. The molecule has 1 aliphatic heterocycles. The number of hydrogen-bond donors (Lipinski definition) is 2. The van der Waals surface area contributed by atoms with E-state index in [1.807, 2.05) is 0 Å². The van der Waals surface area contributed by atoms with Crippen LogP contribution in [0.4, 0.5) is 0 Å². The minimum Gasteiger partial charge on any atom is -0.392 e. The SMILES string of the molecule is O=C1NCC2C1=CC1CCC1C2O. The maximum atomic E-state index is 11.3. The minimum atomic E-state index is -0.280. The summed E-state index contributed by atoms with van der Waals surface area (Å²) in [5.41, 5.74) is 0.841. The van der Waals surface area contributed by atoms with Crippen LogP contribution in [-0.4, -0.2) is 23.7 Å². The molecule has 2 aliphatic carbocycles. The Kier molecular flexibility index (Phi) is 1.37. The lowest BCUT2D eigenvalue weighted by Gasteiger charge is -2.43. The van der Waals surface area contributed by atoms with Gasteiger partial charge in [0.25, 0.3) is 0 Å². The molecule has 4 atom stereocenters. The highest BCUT2D eigenvalue weighted by Crippen LogP contribution is 2.46. The maximum Gasteiger partial charge on any atom is 0.247 e. The first kappa shape index (κ1) is 7.56. The average molecular weight is 179 g/mol. The molecule has 1 amide bonds. The molecule has 2 N–H and O–H groups in total. The lowest BCUT2D eigenvalue weighted by molar-refractivity contribution is -0.116. The molecule has 3 heteroatoms. The van der Waals surface area contributed by atoms with Gasteiger partial charge in [0, 0.05) is 18.0 Å². The normalized spacial score (nSPS) is 47.2. The molecule has 0 bridgehead atoms. The van der Waals surface area contributed by atoms with Crippen LogP contribution in [0, 0.1) is 17.8 Å². The van der Waals surface area contributed by atoms with Gasteiger partial charge in [-0.3, -0.25) is 4.79 Å². The third-order valence-corrected chi connectivity index (χ3v) is 3.77. The molecule has 0 aromatic heterocycles. The summed E-state index contributed by atoms with van der Waals surface area (Å²) in [4.78, 5) is 11.3. The molecule has 3 aliphatic rings. The van der Waals surface area contributed by atoms with E-state index in [9.17, 15) is 9.90 Å². The Morgan fingerprint density at radius 1 is 1.46 bits per heavy atom. The molecule has 1 saturated carbocycles. The fraction of sp³-hybridized carbons (Fsp3) is 0.700. The van der Waals surface area contributed by atoms with Crippen molar-refractivity contribution in [1.82, 2.24) is 5.32 Å². The lowest BCUT2D eigenvalue weighted by atomic mass is 9.63. The molecule has 3 nitrogen and oxygen atoms in total. The summed E-state index contributed by atoms with van der Waals surface area (Å²) in [7, 11) is 0. The van der Waals surface area contributed by atoms with Crippen LogP contribution in [0.15, 0.2) is 11.6 Å². The van der Waals surface area contributed by atoms with Crippen molar-refractivity contribution in [3.05, 3.63) is 11.6 Å². The third kappa shape index (κ3) is 0.854. The number of allylic oxidation sites excluding steroid dienone is 1. The predicted molar refractivity (Wildman–Crippen MR) is 46.8 cm³/mol. The van der Waals surface area contributed by atoms with Crippen LogP contribution >= 0.6 is 0 Å². The largest absolute Gasteiger partial charge is 0.392 e. The second-order valence-corrected chi connectivity index (χ2v) is 4.33. The number of carbonyl (C=O) groups excluding carboxylic acids is 1. The van der Waals surface area contributed by atoms with E-state index in [0.29, 0.717) is 18.4 Å². The van der Waals surface area contributed by atoms with E-state index in [-0.39, 0.29) is 17.9 Å². The molecular formula is C10H13NO2. The van der Waals surface area contributed by atoms with Crippen LogP contribution in [-0.2, 0) is 4.79 Å². The molecule has 2 fully saturated rings. The zero-order chi connectivity index (χ0) is 9.00. The van der Waals surface area contributed by atoms with Gasteiger partial charge in [-0.15, -0.1) is 0 Å². The van der Waals surface area contributed by atoms with Gasteiger partial charge >= 0.3 is 0 Å². The molecular weight excluding hydrogens is 166 g/mol. The van der Waals surface area contributed by atoms with Gasteiger partial charge in [0.15, 0.2) is 0 Å². The van der Waals surface area contributed by atoms with E-state index >= 15 is 0 Å². The fourth-order valence-electron chi connectivity index (χ4n) is 2.80. The Hall–Kier alpha value is -0.830. The number of carbonyl (C=O) groups is 1. The number of fused-ring (bicyclic) bond motifs is 2. The Labute approximate surface area is 76.8 Å². The van der Waals surface area contributed by atoms with Crippen LogP contribution in [0.1, 0.15) is 12.8 Å². The smallest absolute Gasteiger partial charge is 0.247 e. The monoisotopic (exact) mass is 179 g/mol. The van der Waals surface area contributed by atoms with Gasteiger partial charge in [0.1, 0.15) is 0 Å². The summed E-state index contributed by atoms with van der Waals surface area (Å²) in [5, 5.41) is 12.7. The van der Waals surface area contributed by atoms with Gasteiger partial charge in [0.2, 0.25) is 5.91 Å². The summed E-state index contributed by atoms with van der Waals surface area (Å²) in [5.74, 6) is 1.02. The zero-order valence-corrected chi connectivity index (χ0v) is 7.36. The molecule has 3 rings (SSSR count). The first-order valence-electron chi connectivity index (χ1n) is 4.95. The Bertz CT molecular complexity index is 297. The first-order chi connectivity index (χ1) is 6.27. The van der Waals surface area contributed by atoms with Crippen molar-refractivity contribution < 1.29 is 9.90 Å². The van der Waals surface area contributed by atoms with Crippen molar-refractivity contribution >= 4 is 5.91 Å². The van der Waals surface area contributed by atoms with E-state index in [1.54, 1.807) is 0 Å². The van der Waals surface area contributed by atoms with E-state index in [0.717, 1.165) is 18.4 Å². The van der Waals surface area contributed by atoms with Crippen LogP contribution in [0.3, 0.4) is 0 Å². The summed E-state index contributed by atoms with van der Waals surface area (Å²) in [6, 6.07) is 0. The first-order valence-corrected chi connectivity index (χ1v) is 4.95. The van der Waals surface area contributed by atoms with Gasteiger partial charge in [-0.2, -0.15) is 0 Å². The molecule has 4 unspecified atom stereocenters. The molecule has 0 radical (unpaired) electrons. The highest BCUT2D eigenvalue weighted by Gasteiger charge is 2.47. The standard InChI is InChI=1S/C10H13NO2/c12-9-6-2-1-5(6)3-7-8(9)4-11-10(7)13/h3,5-6,8-9,12H,1-2,4H2,(H,11,13). The van der Waals surface area contributed by atoms with Crippen LogP contribution in [0.5, 0.6) is 0 Å². The van der Waals surface area contributed by atoms with Gasteiger partial charge < -0.3 is 10.4 Å². The van der Waals surface area contributed by atoms with Gasteiger partial charge in [-0.1, -0.05) is 6.08 Å². The third-order valence-electron chi connectivity index (χ3n) is 3.77. The minimum absolute atomic E-state index is 0.0365. The zero-order valence-electron chi connectivity index (χ0n) is 7.36. The van der Waals surface area contributed by atoms with Crippen molar-refractivity contribution in [2.75, 3.05) is 6.54 Å². The number of amides is 1. The van der Waals surface area contributed by atoms with Gasteiger partial charge in [0.05, 0.1) is 6.10 Å². The second-order valence-electron chi connectivity index (χ2n) is 4.33. The quantitative estimate of drug-likeness (QED) is 0.552. The van der Waals surface area contributed by atoms with Crippen molar-refractivity contribution in [3.63, 3.8) is 0 Å². The molecule has 0 aromatic rings. The number of hydrogen-bond acceptors (Lipinski definition) is 2. The Morgan fingerprint density at radius 2 is 2.31 bits per heavy atom. The summed E-state index contributed by atoms with van der Waals surface area (Å²) >= 11 is 0. The number of rotatable bonds is 0. The maximum absolute atomic E-state index is 11.3. The topological polar surface area (TPSA) is 49.3 Å².